The van der Waals surface area contributed by atoms with Crippen LogP contribution in [0.15, 0.2) is 53.4 Å². The van der Waals surface area contributed by atoms with Crippen LogP contribution >= 0.6 is 0 Å². The highest BCUT2D eigenvalue weighted by Gasteiger charge is 2.23. The molecule has 1 heterocycles. The largest absolute Gasteiger partial charge is 0.351 e. The van der Waals surface area contributed by atoms with Crippen molar-refractivity contribution in [3.05, 3.63) is 54.1 Å². The maximum Gasteiger partial charge on any atom is 0.316 e. The molecular weight excluding hydrogens is 376 g/mol. The average Bonchev–Trinajstić information content (AvgIpc) is 3.11. The monoisotopic (exact) mass is 402 g/mol. The molecule has 2 amide bonds. The quantitative estimate of drug-likeness (QED) is 0.661. The van der Waals surface area contributed by atoms with Crippen molar-refractivity contribution in [2.45, 2.75) is 30.6 Å². The second-order valence-corrected chi connectivity index (χ2v) is 8.71. The Balaban J connectivity index is 1.65. The summed E-state index contributed by atoms with van der Waals surface area (Å²) in [4.78, 5) is 13.4. The van der Waals surface area contributed by atoms with Crippen molar-refractivity contribution < 1.29 is 13.2 Å². The van der Waals surface area contributed by atoms with Gasteiger partial charge in [-0.25, -0.2) is 13.2 Å². The topological polar surface area (TPSA) is 105 Å². The number of nitrogens with zero attached hydrogens (tertiary/aromatic N) is 1. The third-order valence-corrected chi connectivity index (χ3v) is 6.28. The lowest BCUT2D eigenvalue weighted by Gasteiger charge is -2.15. The van der Waals surface area contributed by atoms with Gasteiger partial charge < -0.3 is 16.0 Å². The van der Waals surface area contributed by atoms with Crippen LogP contribution in [0.2, 0.25) is 0 Å². The van der Waals surface area contributed by atoms with E-state index in [1.807, 2.05) is 12.1 Å². The molecule has 1 aliphatic heterocycles. The van der Waals surface area contributed by atoms with Crippen LogP contribution in [0.3, 0.4) is 0 Å². The number of hydrogen-bond acceptors (Lipinski definition) is 4. The number of carbonyl (C=O) groups excluding carboxylic acids is 1. The number of urea groups is 1. The van der Waals surface area contributed by atoms with Gasteiger partial charge in [0.05, 0.1) is 4.90 Å². The van der Waals surface area contributed by atoms with Crippen molar-refractivity contribution in [2.75, 3.05) is 29.7 Å². The molecule has 28 heavy (non-hydrogen) atoms. The molecule has 1 aliphatic rings. The molecule has 150 valence electrons. The highest BCUT2D eigenvalue weighted by Crippen LogP contribution is 2.28. The summed E-state index contributed by atoms with van der Waals surface area (Å²) in [5.41, 5.74) is 7.24. The molecule has 1 fully saturated rings. The third kappa shape index (κ3) is 5.02. The van der Waals surface area contributed by atoms with Gasteiger partial charge in [-0.05, 0) is 73.8 Å². The molecule has 1 atom stereocenters. The van der Waals surface area contributed by atoms with Crippen LogP contribution in [0.25, 0.3) is 0 Å². The Morgan fingerprint density at radius 2 is 1.75 bits per heavy atom. The minimum Gasteiger partial charge on any atom is -0.351 e. The van der Waals surface area contributed by atoms with Gasteiger partial charge in [-0.1, -0.05) is 19.1 Å². The zero-order chi connectivity index (χ0) is 20.1. The lowest BCUT2D eigenvalue weighted by atomic mass is 9.98. The van der Waals surface area contributed by atoms with Crippen molar-refractivity contribution in [3.63, 3.8) is 0 Å². The summed E-state index contributed by atoms with van der Waals surface area (Å²) < 4.78 is 27.7. The van der Waals surface area contributed by atoms with E-state index in [-0.39, 0.29) is 4.90 Å². The van der Waals surface area contributed by atoms with Gasteiger partial charge in [-0.3, -0.25) is 4.72 Å². The molecule has 0 aromatic heterocycles. The van der Waals surface area contributed by atoms with Crippen LogP contribution in [0.1, 0.15) is 31.2 Å². The Morgan fingerprint density at radius 1 is 1.11 bits per heavy atom. The number of primary amides is 1. The summed E-state index contributed by atoms with van der Waals surface area (Å²) in [6.07, 6.45) is 2.30. The zero-order valence-corrected chi connectivity index (χ0v) is 16.7. The second kappa shape index (κ2) is 8.62. The number of hydrogen-bond donors (Lipinski definition) is 3. The molecule has 3 rings (SSSR count). The number of amides is 2. The van der Waals surface area contributed by atoms with E-state index in [1.54, 1.807) is 12.1 Å². The van der Waals surface area contributed by atoms with E-state index in [0.717, 1.165) is 32.5 Å². The van der Waals surface area contributed by atoms with Gasteiger partial charge in [0, 0.05) is 17.9 Å². The SMILES string of the molecule is CCCN1CCC(c2ccc(NS(=O)(=O)c3ccc(NC(N)=O)cc3)cc2)C1. The van der Waals surface area contributed by atoms with Crippen LogP contribution in [-0.4, -0.2) is 39.0 Å². The minimum atomic E-state index is -3.71. The summed E-state index contributed by atoms with van der Waals surface area (Å²) in [7, 11) is -3.71. The van der Waals surface area contributed by atoms with Crippen molar-refractivity contribution in [1.29, 1.82) is 0 Å². The smallest absolute Gasteiger partial charge is 0.316 e. The lowest BCUT2D eigenvalue weighted by molar-refractivity contribution is 0.259. The van der Waals surface area contributed by atoms with Gasteiger partial charge in [0.15, 0.2) is 0 Å². The molecule has 1 saturated heterocycles. The number of rotatable bonds is 7. The third-order valence-electron chi connectivity index (χ3n) is 4.88. The van der Waals surface area contributed by atoms with Gasteiger partial charge in [-0.15, -0.1) is 0 Å². The summed E-state index contributed by atoms with van der Waals surface area (Å²) in [5, 5.41) is 2.40. The Bertz CT molecular complexity index is 911. The van der Waals surface area contributed by atoms with Crippen molar-refractivity contribution in [1.82, 2.24) is 4.90 Å². The maximum absolute atomic E-state index is 12.6. The molecule has 0 spiro atoms. The van der Waals surface area contributed by atoms with Gasteiger partial charge in [0.1, 0.15) is 0 Å². The number of nitrogens with two attached hydrogens (primary N) is 1. The van der Waals surface area contributed by atoms with Gasteiger partial charge in [-0.2, -0.15) is 0 Å². The van der Waals surface area contributed by atoms with Crippen molar-refractivity contribution in [2.24, 2.45) is 5.73 Å². The van der Waals surface area contributed by atoms with Gasteiger partial charge in [0.2, 0.25) is 0 Å². The maximum atomic E-state index is 12.6. The predicted molar refractivity (Wildman–Crippen MR) is 111 cm³/mol. The summed E-state index contributed by atoms with van der Waals surface area (Å²) in [6, 6.07) is 12.7. The fourth-order valence-corrected chi connectivity index (χ4v) is 4.58. The molecule has 0 aliphatic carbocycles. The van der Waals surface area contributed by atoms with Crippen molar-refractivity contribution in [3.8, 4) is 0 Å². The number of sulfonamides is 1. The van der Waals surface area contributed by atoms with E-state index >= 15 is 0 Å². The molecule has 0 saturated carbocycles. The van der Waals surface area contributed by atoms with Crippen LogP contribution in [-0.2, 0) is 10.0 Å². The first-order chi connectivity index (χ1) is 13.4. The fraction of sp³-hybridized carbons (Fsp3) is 0.350. The average molecular weight is 403 g/mol. The first-order valence-corrected chi connectivity index (χ1v) is 10.9. The van der Waals surface area contributed by atoms with E-state index in [0.29, 0.717) is 17.3 Å². The Morgan fingerprint density at radius 3 is 2.36 bits per heavy atom. The number of benzene rings is 2. The van der Waals surface area contributed by atoms with E-state index in [4.69, 9.17) is 5.73 Å². The first kappa shape index (κ1) is 20.2. The summed E-state index contributed by atoms with van der Waals surface area (Å²) in [6.45, 7) is 5.50. The van der Waals surface area contributed by atoms with Crippen LogP contribution in [0, 0.1) is 0 Å². The predicted octanol–water partition coefficient (Wildman–Crippen LogP) is 3.18. The van der Waals surface area contributed by atoms with Crippen molar-refractivity contribution >= 4 is 27.4 Å². The zero-order valence-electron chi connectivity index (χ0n) is 15.9. The van der Waals surface area contributed by atoms with E-state index < -0.39 is 16.1 Å². The molecular formula is C20H26N4O3S. The number of likely N-dealkylation sites (tertiary alicyclic amines) is 1. The highest BCUT2D eigenvalue weighted by atomic mass is 32.2. The van der Waals surface area contributed by atoms with Gasteiger partial charge in [0.25, 0.3) is 10.0 Å². The minimum absolute atomic E-state index is 0.109. The van der Waals surface area contributed by atoms with Crippen LogP contribution in [0.4, 0.5) is 16.2 Å². The normalized spacial score (nSPS) is 17.4. The lowest BCUT2D eigenvalue weighted by Crippen LogP contribution is -2.20. The van der Waals surface area contributed by atoms with Crippen LogP contribution in [0.5, 0.6) is 0 Å². The summed E-state index contributed by atoms with van der Waals surface area (Å²) in [5.74, 6) is 0.502. The molecule has 8 heteroatoms. The molecule has 0 bridgehead atoms. The molecule has 4 N–H and O–H groups in total. The van der Waals surface area contributed by atoms with E-state index in [2.05, 4.69) is 21.9 Å². The molecule has 1 unspecified atom stereocenters. The number of anilines is 2. The van der Waals surface area contributed by atoms with E-state index in [1.165, 1.54) is 29.8 Å². The Kier molecular flexibility index (Phi) is 6.21. The molecule has 0 radical (unpaired) electrons. The first-order valence-electron chi connectivity index (χ1n) is 9.39. The van der Waals surface area contributed by atoms with Crippen LogP contribution < -0.4 is 15.8 Å². The Hall–Kier alpha value is -2.58. The summed E-state index contributed by atoms with van der Waals surface area (Å²) >= 11 is 0. The highest BCUT2D eigenvalue weighted by molar-refractivity contribution is 7.92. The molecule has 2 aromatic rings. The number of nitrogens with one attached hydrogen (secondary N) is 2. The van der Waals surface area contributed by atoms with E-state index in [9.17, 15) is 13.2 Å². The second-order valence-electron chi connectivity index (χ2n) is 7.03. The Labute approximate surface area is 166 Å². The molecule has 2 aromatic carbocycles. The fourth-order valence-electron chi connectivity index (χ4n) is 3.52. The van der Waals surface area contributed by atoms with Gasteiger partial charge >= 0.3 is 6.03 Å². The number of carbonyl (C=O) groups is 1. The molecule has 7 nitrogen and oxygen atoms in total. The standard InChI is InChI=1S/C20H26N4O3S/c1-2-12-24-13-11-16(14-24)15-3-5-18(6-4-15)23-28(26,27)19-9-7-17(8-10-19)22-20(21)25/h3-10,16,23H,2,11-14H2,1H3,(H3,21,22,25).